The number of fused-ring (bicyclic) bond motifs is 2. The predicted octanol–water partition coefficient (Wildman–Crippen LogP) is 2.00. The first-order chi connectivity index (χ1) is 14.1. The van der Waals surface area contributed by atoms with Crippen molar-refractivity contribution in [3.63, 3.8) is 0 Å². The number of likely N-dealkylation sites (N-methyl/N-ethyl adjacent to an activating group) is 1. The molecule has 1 amide bonds. The van der Waals surface area contributed by atoms with Gasteiger partial charge in [0.2, 0.25) is 5.91 Å². The molecule has 29 heavy (non-hydrogen) atoms. The zero-order chi connectivity index (χ0) is 20.0. The Hall–Kier alpha value is -3.29. The van der Waals surface area contributed by atoms with Crippen molar-refractivity contribution in [3.8, 4) is 0 Å². The summed E-state index contributed by atoms with van der Waals surface area (Å²) in [5.41, 5.74) is 3.87. The molecule has 7 nitrogen and oxygen atoms in total. The molecule has 0 saturated carbocycles. The lowest BCUT2D eigenvalue weighted by Crippen LogP contribution is -2.48. The molecule has 2 aliphatic rings. The maximum Gasteiger partial charge on any atom is 0.241 e. The molecule has 2 aromatic heterocycles. The number of halogens is 1. The number of hydrogen-bond acceptors (Lipinski definition) is 6. The molecule has 8 heteroatoms. The molecule has 1 saturated heterocycles. The van der Waals surface area contributed by atoms with Crippen molar-refractivity contribution in [2.75, 3.05) is 43.0 Å². The van der Waals surface area contributed by atoms with E-state index in [-0.39, 0.29) is 11.7 Å². The standard InChI is InChI=1S/C21H21FN6O/c1-26-6-7-27(12-20(26)29)16-8-14-11-28(5-4-18(14)23-10-16)21-17-9-15(22)2-3-19(17)24-13-25-21/h2-3,8-10,13H,4-7,11-12H2,1H3. The molecule has 0 unspecified atom stereocenters. The van der Waals surface area contributed by atoms with Gasteiger partial charge in [0.15, 0.2) is 0 Å². The molecule has 3 aromatic rings. The molecule has 4 heterocycles. The molecular weight excluding hydrogens is 371 g/mol. The monoisotopic (exact) mass is 392 g/mol. The molecule has 0 aliphatic carbocycles. The van der Waals surface area contributed by atoms with E-state index in [0.29, 0.717) is 25.0 Å². The van der Waals surface area contributed by atoms with Crippen molar-refractivity contribution in [2.45, 2.75) is 13.0 Å². The minimum absolute atomic E-state index is 0.116. The summed E-state index contributed by atoms with van der Waals surface area (Å²) >= 11 is 0. The first kappa shape index (κ1) is 17.8. The van der Waals surface area contributed by atoms with Crippen LogP contribution < -0.4 is 9.80 Å². The lowest BCUT2D eigenvalue weighted by Gasteiger charge is -2.35. The lowest BCUT2D eigenvalue weighted by atomic mass is 10.0. The summed E-state index contributed by atoms with van der Waals surface area (Å²) in [6.07, 6.45) is 4.18. The molecule has 0 radical (unpaired) electrons. The number of aromatic nitrogens is 3. The minimum atomic E-state index is -0.297. The van der Waals surface area contributed by atoms with Crippen LogP contribution >= 0.6 is 0 Å². The maximum atomic E-state index is 13.8. The zero-order valence-electron chi connectivity index (χ0n) is 16.2. The van der Waals surface area contributed by atoms with Crippen LogP contribution in [0.15, 0.2) is 36.8 Å². The highest BCUT2D eigenvalue weighted by Crippen LogP contribution is 2.30. The van der Waals surface area contributed by atoms with Gasteiger partial charge in [-0.15, -0.1) is 0 Å². The van der Waals surface area contributed by atoms with E-state index >= 15 is 0 Å². The van der Waals surface area contributed by atoms with E-state index in [0.717, 1.165) is 47.8 Å². The van der Waals surface area contributed by atoms with Gasteiger partial charge in [0.05, 0.1) is 23.9 Å². The average Bonchev–Trinajstić information content (AvgIpc) is 2.74. The van der Waals surface area contributed by atoms with E-state index in [2.05, 4.69) is 30.8 Å². The number of pyridine rings is 1. The lowest BCUT2D eigenvalue weighted by molar-refractivity contribution is -0.129. The van der Waals surface area contributed by atoms with Crippen LogP contribution in [0.5, 0.6) is 0 Å². The van der Waals surface area contributed by atoms with Crippen molar-refractivity contribution in [1.29, 1.82) is 0 Å². The van der Waals surface area contributed by atoms with Crippen molar-refractivity contribution >= 4 is 28.3 Å². The quantitative estimate of drug-likeness (QED) is 0.665. The first-order valence-corrected chi connectivity index (χ1v) is 9.70. The van der Waals surface area contributed by atoms with Gasteiger partial charge in [0, 0.05) is 50.7 Å². The molecule has 2 aliphatic heterocycles. The summed E-state index contributed by atoms with van der Waals surface area (Å²) < 4.78 is 13.8. The van der Waals surface area contributed by atoms with Crippen molar-refractivity contribution in [3.05, 3.63) is 53.9 Å². The van der Waals surface area contributed by atoms with Crippen LogP contribution in [0.1, 0.15) is 11.3 Å². The molecule has 0 spiro atoms. The van der Waals surface area contributed by atoms with Gasteiger partial charge in [-0.1, -0.05) is 0 Å². The number of benzene rings is 1. The predicted molar refractivity (Wildman–Crippen MR) is 108 cm³/mol. The third kappa shape index (κ3) is 3.24. The van der Waals surface area contributed by atoms with Crippen LogP contribution in [0.2, 0.25) is 0 Å². The normalized spacial score (nSPS) is 17.0. The SMILES string of the molecule is CN1CCN(c2cnc3c(c2)CN(c2ncnc4ccc(F)cc24)CC3)CC1=O. The van der Waals surface area contributed by atoms with Crippen molar-refractivity contribution in [1.82, 2.24) is 19.9 Å². The van der Waals surface area contributed by atoms with E-state index in [1.165, 1.54) is 18.5 Å². The molecule has 5 rings (SSSR count). The number of carbonyl (C=O) groups excluding carboxylic acids is 1. The molecule has 1 fully saturated rings. The number of rotatable bonds is 2. The Kier molecular flexibility index (Phi) is 4.26. The van der Waals surface area contributed by atoms with Crippen LogP contribution in [-0.2, 0) is 17.8 Å². The Morgan fingerprint density at radius 3 is 2.76 bits per heavy atom. The van der Waals surface area contributed by atoms with Crippen LogP contribution in [0.4, 0.5) is 15.9 Å². The van der Waals surface area contributed by atoms with Gasteiger partial charge in [-0.3, -0.25) is 9.78 Å². The molecule has 1 aromatic carbocycles. The van der Waals surface area contributed by atoms with E-state index in [1.54, 1.807) is 11.0 Å². The van der Waals surface area contributed by atoms with Crippen LogP contribution in [0.25, 0.3) is 10.9 Å². The fourth-order valence-electron chi connectivity index (χ4n) is 4.01. The Morgan fingerprint density at radius 1 is 1.00 bits per heavy atom. The van der Waals surface area contributed by atoms with E-state index in [1.807, 2.05) is 13.2 Å². The number of nitrogens with zero attached hydrogens (tertiary/aromatic N) is 6. The smallest absolute Gasteiger partial charge is 0.241 e. The fourth-order valence-corrected chi connectivity index (χ4v) is 4.01. The molecule has 0 atom stereocenters. The number of amides is 1. The highest BCUT2D eigenvalue weighted by Gasteiger charge is 2.25. The fraction of sp³-hybridized carbons (Fsp3) is 0.333. The van der Waals surface area contributed by atoms with Gasteiger partial charge in [-0.05, 0) is 29.8 Å². The largest absolute Gasteiger partial charge is 0.359 e. The van der Waals surface area contributed by atoms with Crippen molar-refractivity contribution < 1.29 is 9.18 Å². The number of piperazine rings is 1. The average molecular weight is 392 g/mol. The second-order valence-electron chi connectivity index (χ2n) is 7.57. The second-order valence-corrected chi connectivity index (χ2v) is 7.57. The third-order valence-electron chi connectivity index (χ3n) is 5.72. The summed E-state index contributed by atoms with van der Waals surface area (Å²) in [4.78, 5) is 31.4. The van der Waals surface area contributed by atoms with Crippen LogP contribution in [0, 0.1) is 5.82 Å². The molecular formula is C21H21FN6O. The van der Waals surface area contributed by atoms with Gasteiger partial charge in [0.25, 0.3) is 0 Å². The van der Waals surface area contributed by atoms with E-state index in [4.69, 9.17) is 0 Å². The van der Waals surface area contributed by atoms with Crippen LogP contribution in [-0.4, -0.2) is 59.0 Å². The summed E-state index contributed by atoms with van der Waals surface area (Å²) in [6.45, 7) is 3.27. The second kappa shape index (κ2) is 6.95. The summed E-state index contributed by atoms with van der Waals surface area (Å²) in [6, 6.07) is 6.71. The van der Waals surface area contributed by atoms with Crippen molar-refractivity contribution in [2.24, 2.45) is 0 Å². The van der Waals surface area contributed by atoms with E-state index < -0.39 is 0 Å². The Labute approximate surface area is 167 Å². The van der Waals surface area contributed by atoms with Gasteiger partial charge < -0.3 is 14.7 Å². The van der Waals surface area contributed by atoms with Gasteiger partial charge in [0.1, 0.15) is 18.0 Å². The summed E-state index contributed by atoms with van der Waals surface area (Å²) in [5, 5.41) is 0.713. The minimum Gasteiger partial charge on any atom is -0.359 e. The van der Waals surface area contributed by atoms with Crippen LogP contribution in [0.3, 0.4) is 0 Å². The van der Waals surface area contributed by atoms with Gasteiger partial charge in [-0.25, -0.2) is 14.4 Å². The number of anilines is 2. The maximum absolute atomic E-state index is 13.8. The van der Waals surface area contributed by atoms with E-state index in [9.17, 15) is 9.18 Å². The third-order valence-corrected chi connectivity index (χ3v) is 5.72. The molecule has 0 bridgehead atoms. The Bertz CT molecular complexity index is 1100. The number of hydrogen-bond donors (Lipinski definition) is 0. The molecule has 0 N–H and O–H groups in total. The first-order valence-electron chi connectivity index (χ1n) is 9.70. The highest BCUT2D eigenvalue weighted by atomic mass is 19.1. The summed E-state index contributed by atoms with van der Waals surface area (Å²) in [7, 11) is 1.83. The molecule has 148 valence electrons. The number of carbonyl (C=O) groups is 1. The zero-order valence-corrected chi connectivity index (χ0v) is 16.2. The Balaban J connectivity index is 1.45. The van der Waals surface area contributed by atoms with Gasteiger partial charge in [-0.2, -0.15) is 0 Å². The topological polar surface area (TPSA) is 65.5 Å². The van der Waals surface area contributed by atoms with Gasteiger partial charge >= 0.3 is 0 Å². The highest BCUT2D eigenvalue weighted by molar-refractivity contribution is 5.89. The Morgan fingerprint density at radius 2 is 1.90 bits per heavy atom. The summed E-state index contributed by atoms with van der Waals surface area (Å²) in [5.74, 6) is 0.556.